The number of halogens is 4. The van der Waals surface area contributed by atoms with Crippen molar-refractivity contribution in [1.29, 1.82) is 0 Å². The molecule has 1 N–H and O–H groups in total. The monoisotopic (exact) mass is 315 g/mol. The van der Waals surface area contributed by atoms with Gasteiger partial charge in [0.25, 0.3) is 0 Å². The highest BCUT2D eigenvalue weighted by atomic mass is 35.5. The number of alkyl halides is 3. The zero-order valence-electron chi connectivity index (χ0n) is 11.2. The summed E-state index contributed by atoms with van der Waals surface area (Å²) in [4.78, 5) is 0. The molecule has 2 rings (SSSR count). The van der Waals surface area contributed by atoms with Crippen LogP contribution in [0.4, 0.5) is 18.9 Å². The molecule has 21 heavy (non-hydrogen) atoms. The second-order valence-corrected chi connectivity index (χ2v) is 4.80. The molecule has 0 amide bonds. The Balaban J connectivity index is 2.09. The Kier molecular flexibility index (Phi) is 4.63. The molecular formula is C15H13ClF3NO. The Morgan fingerprint density at radius 3 is 2.33 bits per heavy atom. The lowest BCUT2D eigenvalue weighted by molar-refractivity contribution is -0.137. The van der Waals surface area contributed by atoms with Gasteiger partial charge in [0.15, 0.2) is 0 Å². The molecule has 0 saturated heterocycles. The number of benzene rings is 2. The van der Waals surface area contributed by atoms with Gasteiger partial charge in [0.05, 0.1) is 17.7 Å². The summed E-state index contributed by atoms with van der Waals surface area (Å²) in [7, 11) is 1.57. The van der Waals surface area contributed by atoms with Crippen LogP contribution >= 0.6 is 11.6 Å². The molecule has 0 bridgehead atoms. The van der Waals surface area contributed by atoms with E-state index in [0.29, 0.717) is 12.2 Å². The van der Waals surface area contributed by atoms with Crippen molar-refractivity contribution < 1.29 is 17.9 Å². The van der Waals surface area contributed by atoms with Crippen LogP contribution in [0.25, 0.3) is 0 Å². The van der Waals surface area contributed by atoms with E-state index < -0.39 is 11.7 Å². The molecule has 0 saturated carbocycles. The molecule has 0 fully saturated rings. The lowest BCUT2D eigenvalue weighted by atomic mass is 10.1. The Bertz CT molecular complexity index is 611. The minimum atomic E-state index is -4.46. The summed E-state index contributed by atoms with van der Waals surface area (Å²) in [6, 6.07) is 11.0. The standard InChI is InChI=1S/C15H13ClF3NO/c1-21-12-5-2-10(3-6-12)9-20-11-4-7-14(16)13(8-11)15(17,18)19/h2-8,20H,9H2,1H3. The van der Waals surface area contributed by atoms with E-state index in [9.17, 15) is 13.2 Å². The van der Waals surface area contributed by atoms with Gasteiger partial charge in [0.1, 0.15) is 5.75 Å². The second-order valence-electron chi connectivity index (χ2n) is 4.39. The van der Waals surface area contributed by atoms with Crippen LogP contribution in [0.3, 0.4) is 0 Å². The van der Waals surface area contributed by atoms with Gasteiger partial charge in [-0.1, -0.05) is 23.7 Å². The SMILES string of the molecule is COc1ccc(CNc2ccc(Cl)c(C(F)(F)F)c2)cc1. The summed E-state index contributed by atoms with van der Waals surface area (Å²) in [5, 5.41) is 2.63. The third-order valence-corrected chi connectivity index (χ3v) is 3.26. The average molecular weight is 316 g/mol. The van der Waals surface area contributed by atoms with Crippen LogP contribution in [-0.4, -0.2) is 7.11 Å². The van der Waals surface area contributed by atoms with Crippen LogP contribution in [0.5, 0.6) is 5.75 Å². The first kappa shape index (κ1) is 15.5. The molecule has 0 unspecified atom stereocenters. The van der Waals surface area contributed by atoms with Gasteiger partial charge in [-0.3, -0.25) is 0 Å². The fraction of sp³-hybridized carbons (Fsp3) is 0.200. The normalized spacial score (nSPS) is 11.3. The van der Waals surface area contributed by atoms with E-state index in [2.05, 4.69) is 5.32 Å². The Morgan fingerprint density at radius 2 is 1.76 bits per heavy atom. The molecule has 0 aromatic heterocycles. The molecule has 2 nitrogen and oxygen atoms in total. The summed E-state index contributed by atoms with van der Waals surface area (Å²) >= 11 is 5.57. The topological polar surface area (TPSA) is 21.3 Å². The number of hydrogen-bond donors (Lipinski definition) is 1. The van der Waals surface area contributed by atoms with Crippen molar-refractivity contribution in [3.8, 4) is 5.75 Å². The van der Waals surface area contributed by atoms with Gasteiger partial charge in [-0.05, 0) is 35.9 Å². The smallest absolute Gasteiger partial charge is 0.417 e. The zero-order valence-corrected chi connectivity index (χ0v) is 11.9. The van der Waals surface area contributed by atoms with Crippen molar-refractivity contribution >= 4 is 17.3 Å². The number of ether oxygens (including phenoxy) is 1. The summed E-state index contributed by atoms with van der Waals surface area (Å²) in [5.74, 6) is 0.726. The first-order valence-electron chi connectivity index (χ1n) is 6.13. The van der Waals surface area contributed by atoms with Crippen molar-refractivity contribution in [3.05, 3.63) is 58.6 Å². The van der Waals surface area contributed by atoms with Crippen LogP contribution < -0.4 is 10.1 Å². The molecule has 0 aliphatic heterocycles. The van der Waals surface area contributed by atoms with Gasteiger partial charge in [0, 0.05) is 12.2 Å². The van der Waals surface area contributed by atoms with Gasteiger partial charge in [0.2, 0.25) is 0 Å². The molecule has 0 aliphatic carbocycles. The molecule has 6 heteroatoms. The minimum absolute atomic E-state index is 0.308. The van der Waals surface area contributed by atoms with E-state index >= 15 is 0 Å². The lowest BCUT2D eigenvalue weighted by Gasteiger charge is -2.12. The Morgan fingerprint density at radius 1 is 1.10 bits per heavy atom. The number of rotatable bonds is 4. The van der Waals surface area contributed by atoms with Crippen LogP contribution in [0, 0.1) is 0 Å². The molecule has 0 aliphatic rings. The van der Waals surface area contributed by atoms with Crippen molar-refractivity contribution in [2.45, 2.75) is 12.7 Å². The molecule has 0 atom stereocenters. The quantitative estimate of drug-likeness (QED) is 0.859. The van der Waals surface area contributed by atoms with Gasteiger partial charge in [-0.25, -0.2) is 0 Å². The maximum absolute atomic E-state index is 12.7. The molecular weight excluding hydrogens is 303 g/mol. The van der Waals surface area contributed by atoms with E-state index in [0.717, 1.165) is 17.4 Å². The fourth-order valence-electron chi connectivity index (χ4n) is 1.80. The third kappa shape index (κ3) is 4.04. The summed E-state index contributed by atoms with van der Waals surface area (Å²) in [6.45, 7) is 0.406. The minimum Gasteiger partial charge on any atom is -0.497 e. The van der Waals surface area contributed by atoms with Gasteiger partial charge in [-0.15, -0.1) is 0 Å². The Hall–Kier alpha value is -1.88. The van der Waals surface area contributed by atoms with E-state index in [4.69, 9.17) is 16.3 Å². The van der Waals surface area contributed by atoms with Crippen LogP contribution in [-0.2, 0) is 12.7 Å². The van der Waals surface area contributed by atoms with Gasteiger partial charge in [-0.2, -0.15) is 13.2 Å². The largest absolute Gasteiger partial charge is 0.497 e. The van der Waals surface area contributed by atoms with Gasteiger partial charge < -0.3 is 10.1 Å². The van der Waals surface area contributed by atoms with Crippen LogP contribution in [0.2, 0.25) is 5.02 Å². The summed E-state index contributed by atoms with van der Waals surface area (Å²) < 4.78 is 43.3. The first-order valence-corrected chi connectivity index (χ1v) is 6.51. The van der Waals surface area contributed by atoms with Gasteiger partial charge >= 0.3 is 6.18 Å². The average Bonchev–Trinajstić information content (AvgIpc) is 2.45. The number of hydrogen-bond acceptors (Lipinski definition) is 2. The van der Waals surface area contributed by atoms with E-state index in [1.165, 1.54) is 12.1 Å². The van der Waals surface area contributed by atoms with Crippen molar-refractivity contribution in [1.82, 2.24) is 0 Å². The van der Waals surface area contributed by atoms with Crippen molar-refractivity contribution in [2.24, 2.45) is 0 Å². The van der Waals surface area contributed by atoms with E-state index in [1.807, 2.05) is 12.1 Å². The lowest BCUT2D eigenvalue weighted by Crippen LogP contribution is -2.07. The highest BCUT2D eigenvalue weighted by molar-refractivity contribution is 6.31. The maximum Gasteiger partial charge on any atom is 0.417 e. The molecule has 2 aromatic carbocycles. The predicted octanol–water partition coefficient (Wildman–Crippen LogP) is 4.98. The Labute approximate surface area is 125 Å². The van der Waals surface area contributed by atoms with Crippen molar-refractivity contribution in [2.75, 3.05) is 12.4 Å². The van der Waals surface area contributed by atoms with E-state index in [-0.39, 0.29) is 5.02 Å². The molecule has 0 spiro atoms. The highest BCUT2D eigenvalue weighted by Gasteiger charge is 2.33. The predicted molar refractivity (Wildman–Crippen MR) is 76.8 cm³/mol. The molecule has 0 heterocycles. The van der Waals surface area contributed by atoms with E-state index in [1.54, 1.807) is 19.2 Å². The summed E-state index contributed by atoms with van der Waals surface area (Å²) in [5.41, 5.74) is 0.450. The first-order chi connectivity index (χ1) is 9.90. The van der Waals surface area contributed by atoms with Crippen LogP contribution in [0.1, 0.15) is 11.1 Å². The highest BCUT2D eigenvalue weighted by Crippen LogP contribution is 2.36. The van der Waals surface area contributed by atoms with Crippen LogP contribution in [0.15, 0.2) is 42.5 Å². The number of anilines is 1. The second kappa shape index (κ2) is 6.26. The molecule has 0 radical (unpaired) electrons. The zero-order chi connectivity index (χ0) is 15.5. The third-order valence-electron chi connectivity index (χ3n) is 2.93. The fourth-order valence-corrected chi connectivity index (χ4v) is 2.02. The number of nitrogens with one attached hydrogen (secondary N) is 1. The maximum atomic E-state index is 12.7. The summed E-state index contributed by atoms with van der Waals surface area (Å²) in [6.07, 6.45) is -4.46. The molecule has 112 valence electrons. The number of methoxy groups -OCH3 is 1. The molecule has 2 aromatic rings. The van der Waals surface area contributed by atoms with Crippen molar-refractivity contribution in [3.63, 3.8) is 0 Å².